The molecule has 1 heterocycles. The summed E-state index contributed by atoms with van der Waals surface area (Å²) >= 11 is 0.375. The maximum absolute atomic E-state index is 12.9. The highest BCUT2D eigenvalue weighted by atomic mass is 32.1. The van der Waals surface area contributed by atoms with E-state index in [1.807, 2.05) is 0 Å². The SMILES string of the molecule is Fc1cc(F)cc(CCNc2nnc(C(F)(F)F)s2)c1. The molecule has 0 aliphatic heterocycles. The van der Waals surface area contributed by atoms with Crippen molar-refractivity contribution in [1.82, 2.24) is 10.2 Å². The predicted molar refractivity (Wildman–Crippen MR) is 63.5 cm³/mol. The van der Waals surface area contributed by atoms with E-state index >= 15 is 0 Å². The lowest BCUT2D eigenvalue weighted by Crippen LogP contribution is -2.05. The van der Waals surface area contributed by atoms with Gasteiger partial charge in [0.1, 0.15) is 11.6 Å². The number of anilines is 1. The number of halogens is 5. The van der Waals surface area contributed by atoms with Gasteiger partial charge in [-0.3, -0.25) is 0 Å². The molecule has 108 valence electrons. The molecule has 1 N–H and O–H groups in total. The lowest BCUT2D eigenvalue weighted by Gasteiger charge is -2.03. The molecule has 3 nitrogen and oxygen atoms in total. The quantitative estimate of drug-likeness (QED) is 0.879. The Hall–Kier alpha value is -1.77. The third-order valence-corrected chi connectivity index (χ3v) is 3.21. The van der Waals surface area contributed by atoms with E-state index in [0.717, 1.165) is 18.2 Å². The van der Waals surface area contributed by atoms with Crippen molar-refractivity contribution >= 4 is 16.5 Å². The predicted octanol–water partition coefficient (Wildman–Crippen LogP) is 3.49. The van der Waals surface area contributed by atoms with Crippen LogP contribution in [0.2, 0.25) is 0 Å². The Bertz CT molecular complexity index is 576. The number of alkyl halides is 3. The van der Waals surface area contributed by atoms with Gasteiger partial charge in [-0.2, -0.15) is 13.2 Å². The number of aromatic nitrogens is 2. The lowest BCUT2D eigenvalue weighted by atomic mass is 10.1. The second-order valence-corrected chi connectivity index (χ2v) is 4.84. The van der Waals surface area contributed by atoms with E-state index in [0.29, 0.717) is 16.9 Å². The third kappa shape index (κ3) is 3.86. The van der Waals surface area contributed by atoms with Crippen LogP contribution in [0.1, 0.15) is 10.6 Å². The van der Waals surface area contributed by atoms with Gasteiger partial charge >= 0.3 is 6.18 Å². The normalized spacial score (nSPS) is 11.7. The van der Waals surface area contributed by atoms with Gasteiger partial charge in [-0.15, -0.1) is 10.2 Å². The number of nitrogens with zero attached hydrogens (tertiary/aromatic N) is 2. The van der Waals surface area contributed by atoms with E-state index in [2.05, 4.69) is 15.5 Å². The van der Waals surface area contributed by atoms with Crippen molar-refractivity contribution in [2.75, 3.05) is 11.9 Å². The van der Waals surface area contributed by atoms with Crippen molar-refractivity contribution in [2.45, 2.75) is 12.6 Å². The molecule has 0 unspecified atom stereocenters. The molecule has 0 aliphatic rings. The molecule has 1 aromatic carbocycles. The summed E-state index contributed by atoms with van der Waals surface area (Å²) in [5, 5.41) is 7.93. The first-order valence-electron chi connectivity index (χ1n) is 5.44. The van der Waals surface area contributed by atoms with Crippen molar-refractivity contribution in [1.29, 1.82) is 0 Å². The largest absolute Gasteiger partial charge is 0.445 e. The van der Waals surface area contributed by atoms with E-state index in [4.69, 9.17) is 0 Å². The molecule has 0 saturated carbocycles. The number of rotatable bonds is 4. The van der Waals surface area contributed by atoms with Crippen LogP contribution < -0.4 is 5.32 Å². The van der Waals surface area contributed by atoms with Crippen LogP contribution in [0.3, 0.4) is 0 Å². The Morgan fingerprint density at radius 3 is 2.25 bits per heavy atom. The second-order valence-electron chi connectivity index (χ2n) is 3.86. The Morgan fingerprint density at radius 2 is 1.70 bits per heavy atom. The van der Waals surface area contributed by atoms with Crippen molar-refractivity contribution in [2.24, 2.45) is 0 Å². The molecule has 2 rings (SSSR count). The van der Waals surface area contributed by atoms with E-state index in [1.165, 1.54) is 0 Å². The van der Waals surface area contributed by atoms with Crippen LogP contribution in [-0.2, 0) is 12.6 Å². The molecule has 9 heteroatoms. The van der Waals surface area contributed by atoms with Gasteiger partial charge in [0, 0.05) is 12.6 Å². The molecular weight excluding hydrogens is 301 g/mol. The molecule has 2 aromatic rings. The number of benzene rings is 1. The van der Waals surface area contributed by atoms with Crippen molar-refractivity contribution in [3.05, 3.63) is 40.4 Å². The summed E-state index contributed by atoms with van der Waals surface area (Å²) in [6.07, 6.45) is -4.28. The zero-order valence-corrected chi connectivity index (χ0v) is 10.7. The smallest absolute Gasteiger partial charge is 0.360 e. The molecular formula is C11H8F5N3S. The summed E-state index contributed by atoms with van der Waals surface area (Å²) in [4.78, 5) is 0. The first kappa shape index (κ1) is 14.6. The van der Waals surface area contributed by atoms with Gasteiger partial charge < -0.3 is 5.32 Å². The minimum Gasteiger partial charge on any atom is -0.360 e. The number of hydrogen-bond acceptors (Lipinski definition) is 4. The summed E-state index contributed by atoms with van der Waals surface area (Å²) in [6, 6.07) is 3.06. The maximum Gasteiger partial charge on any atom is 0.445 e. The summed E-state index contributed by atoms with van der Waals surface area (Å²) in [5.41, 5.74) is 0.399. The van der Waals surface area contributed by atoms with Crippen LogP contribution in [0.25, 0.3) is 0 Å². The molecule has 0 spiro atoms. The molecule has 0 saturated heterocycles. The van der Waals surface area contributed by atoms with Gasteiger partial charge in [-0.1, -0.05) is 11.3 Å². The average molecular weight is 309 g/mol. The van der Waals surface area contributed by atoms with Crippen LogP contribution in [0.4, 0.5) is 27.1 Å². The number of hydrogen-bond donors (Lipinski definition) is 1. The topological polar surface area (TPSA) is 37.8 Å². The monoisotopic (exact) mass is 309 g/mol. The molecule has 0 atom stereocenters. The minimum atomic E-state index is -4.52. The van der Waals surface area contributed by atoms with Crippen LogP contribution in [0.15, 0.2) is 18.2 Å². The van der Waals surface area contributed by atoms with Crippen LogP contribution in [0.5, 0.6) is 0 Å². The highest BCUT2D eigenvalue weighted by molar-refractivity contribution is 7.15. The third-order valence-electron chi connectivity index (χ3n) is 2.28. The molecule has 20 heavy (non-hydrogen) atoms. The summed E-state index contributed by atoms with van der Waals surface area (Å²) in [6.45, 7) is 0.190. The summed E-state index contributed by atoms with van der Waals surface area (Å²) in [7, 11) is 0. The zero-order valence-electron chi connectivity index (χ0n) is 9.84. The molecule has 0 amide bonds. The Labute approximate surface area is 114 Å². The molecule has 1 aromatic heterocycles. The fourth-order valence-corrected chi connectivity index (χ4v) is 2.11. The van der Waals surface area contributed by atoms with E-state index in [1.54, 1.807) is 0 Å². The standard InChI is InChI=1S/C11H8F5N3S/c12-7-3-6(4-8(13)5-7)1-2-17-10-19-18-9(20-10)11(14,15)16/h3-5H,1-2H2,(H,17,19). The van der Waals surface area contributed by atoms with E-state index in [9.17, 15) is 22.0 Å². The zero-order chi connectivity index (χ0) is 14.8. The Morgan fingerprint density at radius 1 is 1.05 bits per heavy atom. The maximum atomic E-state index is 12.9. The molecule has 0 bridgehead atoms. The van der Waals surface area contributed by atoms with Crippen LogP contribution >= 0.6 is 11.3 Å². The molecule has 0 radical (unpaired) electrons. The van der Waals surface area contributed by atoms with Gasteiger partial charge in [0.25, 0.3) is 0 Å². The second kappa shape index (κ2) is 5.70. The fraction of sp³-hybridized carbons (Fsp3) is 0.273. The average Bonchev–Trinajstić information content (AvgIpc) is 2.76. The van der Waals surface area contributed by atoms with Gasteiger partial charge in [0.05, 0.1) is 0 Å². The van der Waals surface area contributed by atoms with Crippen molar-refractivity contribution in [3.8, 4) is 0 Å². The summed E-state index contributed by atoms with van der Waals surface area (Å²) < 4.78 is 62.6. The first-order chi connectivity index (χ1) is 9.34. The van der Waals surface area contributed by atoms with Crippen LogP contribution in [0, 0.1) is 11.6 Å². The van der Waals surface area contributed by atoms with Gasteiger partial charge in [-0.05, 0) is 24.1 Å². The van der Waals surface area contributed by atoms with E-state index < -0.39 is 22.8 Å². The first-order valence-corrected chi connectivity index (χ1v) is 6.26. The molecule has 0 fully saturated rings. The van der Waals surface area contributed by atoms with Gasteiger partial charge in [-0.25, -0.2) is 8.78 Å². The highest BCUT2D eigenvalue weighted by Crippen LogP contribution is 2.32. The van der Waals surface area contributed by atoms with E-state index in [-0.39, 0.29) is 18.1 Å². The fourth-order valence-electron chi connectivity index (χ4n) is 1.48. The highest BCUT2D eigenvalue weighted by Gasteiger charge is 2.35. The van der Waals surface area contributed by atoms with Crippen molar-refractivity contribution < 1.29 is 22.0 Å². The van der Waals surface area contributed by atoms with Gasteiger partial charge in [0.15, 0.2) is 0 Å². The minimum absolute atomic E-state index is 0.00852. The molecule has 0 aliphatic carbocycles. The summed E-state index contributed by atoms with van der Waals surface area (Å²) in [5.74, 6) is -1.40. The van der Waals surface area contributed by atoms with Gasteiger partial charge in [0.2, 0.25) is 10.1 Å². The number of nitrogens with one attached hydrogen (secondary N) is 1. The lowest BCUT2D eigenvalue weighted by molar-refractivity contribution is -0.138. The van der Waals surface area contributed by atoms with Crippen molar-refractivity contribution in [3.63, 3.8) is 0 Å². The Balaban J connectivity index is 1.91. The van der Waals surface area contributed by atoms with Crippen LogP contribution in [-0.4, -0.2) is 16.7 Å². The Kier molecular flexibility index (Phi) is 4.17.